The fraction of sp³-hybridized carbons (Fsp3) is 0.286. The van der Waals surface area contributed by atoms with E-state index in [1.165, 1.54) is 23.9 Å². The highest BCUT2D eigenvalue weighted by atomic mass is 19.3. The summed E-state index contributed by atoms with van der Waals surface area (Å²) in [6.45, 7) is 1.26. The van der Waals surface area contributed by atoms with Gasteiger partial charge in [-0.2, -0.15) is 5.10 Å². The van der Waals surface area contributed by atoms with E-state index in [9.17, 15) is 18.0 Å². The zero-order valence-electron chi connectivity index (χ0n) is 12.0. The smallest absolute Gasteiger partial charge is 0.265 e. The van der Waals surface area contributed by atoms with E-state index in [1.807, 2.05) is 0 Å². The van der Waals surface area contributed by atoms with Gasteiger partial charge in [-0.3, -0.25) is 9.48 Å². The summed E-state index contributed by atoms with van der Waals surface area (Å²) in [6.07, 6.45) is -1.33. The fourth-order valence-corrected chi connectivity index (χ4v) is 2.14. The van der Waals surface area contributed by atoms with E-state index in [4.69, 9.17) is 0 Å². The first-order chi connectivity index (χ1) is 11.0. The number of alkyl halides is 2. The third kappa shape index (κ3) is 2.81. The normalized spacial score (nSPS) is 12.9. The molecule has 0 spiro atoms. The van der Waals surface area contributed by atoms with Crippen LogP contribution in [0.4, 0.5) is 13.2 Å². The molecule has 0 radical (unpaired) electrons. The zero-order valence-corrected chi connectivity index (χ0v) is 12.0. The minimum absolute atomic E-state index is 0.0798. The molecule has 120 valence electrons. The molecule has 1 atom stereocenters. The average molecular weight is 323 g/mol. The monoisotopic (exact) mass is 323 g/mol. The van der Waals surface area contributed by atoms with Crippen LogP contribution in [0.5, 0.6) is 0 Å². The quantitative estimate of drug-likeness (QED) is 0.736. The van der Waals surface area contributed by atoms with Crippen LogP contribution >= 0.6 is 0 Å². The molecule has 2 heterocycles. The number of aromatic nitrogens is 5. The summed E-state index contributed by atoms with van der Waals surface area (Å²) < 4.78 is 41.1. The van der Waals surface area contributed by atoms with Crippen molar-refractivity contribution in [2.75, 3.05) is 0 Å². The molecule has 0 aliphatic carbocycles. The van der Waals surface area contributed by atoms with E-state index in [0.717, 1.165) is 0 Å². The van der Waals surface area contributed by atoms with Gasteiger partial charge in [-0.05, 0) is 13.0 Å². The van der Waals surface area contributed by atoms with Crippen LogP contribution in [-0.4, -0.2) is 31.2 Å². The predicted octanol–water partition coefficient (Wildman–Crippen LogP) is 2.00. The summed E-state index contributed by atoms with van der Waals surface area (Å²) in [4.78, 5) is 12.2. The Bertz CT molecular complexity index is 905. The SMILES string of the molecule is CC(C(F)F)n1nnc2cn(Cc3ccccc3F)nc2c1=O. The molecule has 3 rings (SSSR count). The van der Waals surface area contributed by atoms with Crippen molar-refractivity contribution in [2.24, 2.45) is 0 Å². The number of halogens is 3. The lowest BCUT2D eigenvalue weighted by Crippen LogP contribution is -2.30. The second kappa shape index (κ2) is 5.82. The molecule has 1 unspecified atom stereocenters. The summed E-state index contributed by atoms with van der Waals surface area (Å²) in [6, 6.07) is 4.74. The Labute approximate surface area is 128 Å². The Balaban J connectivity index is 2.01. The molecule has 0 fully saturated rings. The van der Waals surface area contributed by atoms with Crippen molar-refractivity contribution in [3.8, 4) is 0 Å². The van der Waals surface area contributed by atoms with Crippen LogP contribution < -0.4 is 5.56 Å². The third-order valence-corrected chi connectivity index (χ3v) is 3.44. The van der Waals surface area contributed by atoms with Crippen LogP contribution in [0, 0.1) is 5.82 Å². The molecule has 0 bridgehead atoms. The molecule has 0 saturated carbocycles. The van der Waals surface area contributed by atoms with Crippen molar-refractivity contribution in [1.82, 2.24) is 24.8 Å². The van der Waals surface area contributed by atoms with E-state index >= 15 is 0 Å². The average Bonchev–Trinajstić information content (AvgIpc) is 2.93. The number of fused-ring (bicyclic) bond motifs is 1. The second-order valence-corrected chi connectivity index (χ2v) is 5.07. The zero-order chi connectivity index (χ0) is 16.6. The maximum Gasteiger partial charge on any atom is 0.298 e. The summed E-state index contributed by atoms with van der Waals surface area (Å²) in [5.74, 6) is -0.401. The Hall–Kier alpha value is -2.71. The van der Waals surface area contributed by atoms with Gasteiger partial charge in [0.2, 0.25) is 0 Å². The molecule has 0 aliphatic rings. The van der Waals surface area contributed by atoms with Crippen LogP contribution in [0.25, 0.3) is 11.0 Å². The Morgan fingerprint density at radius 3 is 2.70 bits per heavy atom. The van der Waals surface area contributed by atoms with Crippen LogP contribution in [0.1, 0.15) is 18.5 Å². The molecule has 9 heteroatoms. The molecule has 2 aromatic heterocycles. The molecule has 6 nitrogen and oxygen atoms in total. The van der Waals surface area contributed by atoms with Crippen molar-refractivity contribution >= 4 is 11.0 Å². The molecule has 3 aromatic rings. The maximum absolute atomic E-state index is 13.7. The lowest BCUT2D eigenvalue weighted by molar-refractivity contribution is 0.0817. The van der Waals surface area contributed by atoms with Gasteiger partial charge in [-0.25, -0.2) is 17.9 Å². The van der Waals surface area contributed by atoms with Gasteiger partial charge in [-0.15, -0.1) is 5.10 Å². The summed E-state index contributed by atoms with van der Waals surface area (Å²) in [5, 5.41) is 11.3. The van der Waals surface area contributed by atoms with Crippen molar-refractivity contribution in [3.63, 3.8) is 0 Å². The highest BCUT2D eigenvalue weighted by Crippen LogP contribution is 2.14. The first-order valence-corrected chi connectivity index (χ1v) is 6.81. The fourth-order valence-electron chi connectivity index (χ4n) is 2.14. The Kier molecular flexibility index (Phi) is 3.85. The van der Waals surface area contributed by atoms with E-state index in [2.05, 4.69) is 15.4 Å². The molecule has 0 amide bonds. The van der Waals surface area contributed by atoms with Crippen molar-refractivity contribution in [2.45, 2.75) is 25.9 Å². The number of benzene rings is 1. The van der Waals surface area contributed by atoms with Gasteiger partial charge in [0.05, 0.1) is 12.7 Å². The second-order valence-electron chi connectivity index (χ2n) is 5.07. The van der Waals surface area contributed by atoms with Crippen LogP contribution in [-0.2, 0) is 6.54 Å². The molecular formula is C14H12F3N5O. The van der Waals surface area contributed by atoms with Gasteiger partial charge in [0.1, 0.15) is 17.4 Å². The van der Waals surface area contributed by atoms with Gasteiger partial charge in [0.15, 0.2) is 5.52 Å². The number of hydrogen-bond donors (Lipinski definition) is 0. The van der Waals surface area contributed by atoms with Crippen molar-refractivity contribution < 1.29 is 13.2 Å². The van der Waals surface area contributed by atoms with Crippen LogP contribution in [0.15, 0.2) is 35.3 Å². The number of nitrogens with zero attached hydrogens (tertiary/aromatic N) is 5. The molecular weight excluding hydrogens is 311 g/mol. The van der Waals surface area contributed by atoms with Crippen LogP contribution in [0.3, 0.4) is 0 Å². The van der Waals surface area contributed by atoms with E-state index in [0.29, 0.717) is 10.2 Å². The highest BCUT2D eigenvalue weighted by molar-refractivity contribution is 5.71. The standard InChI is InChI=1S/C14H12F3N5O/c1-8(13(16)17)22-14(23)12-11(18-20-22)7-21(19-12)6-9-4-2-3-5-10(9)15/h2-5,7-8,13H,6H2,1H3. The van der Waals surface area contributed by atoms with Gasteiger partial charge in [-0.1, -0.05) is 23.4 Å². The number of hydrogen-bond acceptors (Lipinski definition) is 4. The van der Waals surface area contributed by atoms with Gasteiger partial charge >= 0.3 is 0 Å². The Morgan fingerprint density at radius 1 is 1.26 bits per heavy atom. The minimum atomic E-state index is -2.75. The molecule has 0 aliphatic heterocycles. The lowest BCUT2D eigenvalue weighted by Gasteiger charge is -2.10. The topological polar surface area (TPSA) is 65.6 Å². The van der Waals surface area contributed by atoms with Gasteiger partial charge in [0, 0.05) is 5.56 Å². The van der Waals surface area contributed by atoms with Crippen LogP contribution in [0.2, 0.25) is 0 Å². The minimum Gasteiger partial charge on any atom is -0.265 e. The molecule has 23 heavy (non-hydrogen) atoms. The largest absolute Gasteiger partial charge is 0.298 e. The van der Waals surface area contributed by atoms with Gasteiger partial charge in [0.25, 0.3) is 12.0 Å². The first kappa shape index (κ1) is 15.2. The predicted molar refractivity (Wildman–Crippen MR) is 75.8 cm³/mol. The summed E-state index contributed by atoms with van der Waals surface area (Å²) in [7, 11) is 0. The number of rotatable bonds is 4. The highest BCUT2D eigenvalue weighted by Gasteiger charge is 2.21. The third-order valence-electron chi connectivity index (χ3n) is 3.44. The van der Waals surface area contributed by atoms with E-state index in [-0.39, 0.29) is 17.6 Å². The van der Waals surface area contributed by atoms with E-state index < -0.39 is 23.8 Å². The first-order valence-electron chi connectivity index (χ1n) is 6.81. The Morgan fingerprint density at radius 2 is 2.00 bits per heavy atom. The van der Waals surface area contributed by atoms with E-state index in [1.54, 1.807) is 18.2 Å². The van der Waals surface area contributed by atoms with Crippen molar-refractivity contribution in [1.29, 1.82) is 0 Å². The molecule has 1 aromatic carbocycles. The molecule has 0 N–H and O–H groups in total. The maximum atomic E-state index is 13.7. The van der Waals surface area contributed by atoms with Crippen molar-refractivity contribution in [3.05, 3.63) is 52.2 Å². The summed E-state index contributed by atoms with van der Waals surface area (Å²) in [5.41, 5.74) is -0.280. The lowest BCUT2D eigenvalue weighted by atomic mass is 10.2. The summed E-state index contributed by atoms with van der Waals surface area (Å²) >= 11 is 0. The van der Waals surface area contributed by atoms with Gasteiger partial charge < -0.3 is 0 Å². The molecule has 0 saturated heterocycles.